The van der Waals surface area contributed by atoms with Crippen LogP contribution in [0, 0.1) is 5.92 Å². The molecule has 9 nitrogen and oxygen atoms in total. The number of likely N-dealkylation sites (tertiary alicyclic amines) is 1. The molecule has 1 atom stereocenters. The molecule has 0 spiro atoms. The zero-order valence-electron chi connectivity index (χ0n) is 11.6. The largest absolute Gasteiger partial charge is 0.480 e. The summed E-state index contributed by atoms with van der Waals surface area (Å²) in [6, 6.07) is 0. The molecule has 2 amide bonds. The van der Waals surface area contributed by atoms with E-state index in [9.17, 15) is 19.2 Å². The molecule has 0 radical (unpaired) electrons. The van der Waals surface area contributed by atoms with Crippen LogP contribution >= 0.6 is 0 Å². The summed E-state index contributed by atoms with van der Waals surface area (Å²) < 4.78 is 0. The maximum atomic E-state index is 12.3. The lowest BCUT2D eigenvalue weighted by molar-refractivity contribution is -0.152. The third kappa shape index (κ3) is 3.62. The molecule has 116 valence electrons. The molecule has 0 aliphatic carbocycles. The molecule has 0 aromatic carbocycles. The number of hydrogen-bond acceptors (Lipinski definition) is 6. The van der Waals surface area contributed by atoms with Gasteiger partial charge < -0.3 is 15.3 Å². The lowest BCUT2D eigenvalue weighted by atomic mass is 9.94. The van der Waals surface area contributed by atoms with E-state index in [1.54, 1.807) is 0 Å². The van der Waals surface area contributed by atoms with Crippen molar-refractivity contribution >= 4 is 23.6 Å². The third-order valence-corrected chi connectivity index (χ3v) is 3.17. The number of carbonyl (C=O) groups excluding carboxylic acids is 3. The maximum absolute atomic E-state index is 12.3. The van der Waals surface area contributed by atoms with E-state index in [1.807, 2.05) is 0 Å². The zero-order valence-corrected chi connectivity index (χ0v) is 11.6. The summed E-state index contributed by atoms with van der Waals surface area (Å²) in [4.78, 5) is 55.4. The quantitative estimate of drug-likeness (QED) is 0.639. The van der Waals surface area contributed by atoms with Gasteiger partial charge in [-0.3, -0.25) is 19.2 Å². The number of carbonyl (C=O) groups is 4. The number of aromatic nitrogens is 2. The number of ketones is 1. The Hall–Kier alpha value is -2.84. The van der Waals surface area contributed by atoms with Gasteiger partial charge in [-0.05, 0) is 0 Å². The number of Topliss-reactive ketones (excluding diaryl/α,β-unsaturated/α-hetero) is 1. The molecule has 22 heavy (non-hydrogen) atoms. The number of carboxylic acids is 1. The number of rotatable bonds is 5. The highest BCUT2D eigenvalue weighted by molar-refractivity contribution is 6.19. The van der Waals surface area contributed by atoms with Crippen LogP contribution in [0.25, 0.3) is 0 Å². The van der Waals surface area contributed by atoms with Crippen molar-refractivity contribution in [3.05, 3.63) is 24.3 Å². The molecule has 1 fully saturated rings. The van der Waals surface area contributed by atoms with Gasteiger partial charge in [0.1, 0.15) is 12.9 Å². The van der Waals surface area contributed by atoms with Crippen LogP contribution in [0.2, 0.25) is 0 Å². The molecular formula is C13H14N4O5. The topological polar surface area (TPSA) is 130 Å². The van der Waals surface area contributed by atoms with Gasteiger partial charge in [-0.2, -0.15) is 0 Å². The molecule has 1 saturated heterocycles. The van der Waals surface area contributed by atoms with Gasteiger partial charge in [-0.25, -0.2) is 9.97 Å². The number of nitrogens with one attached hydrogen (secondary N) is 1. The van der Waals surface area contributed by atoms with Crippen molar-refractivity contribution in [1.29, 1.82) is 0 Å². The minimum absolute atomic E-state index is 0.0462. The lowest BCUT2D eigenvalue weighted by Crippen LogP contribution is -2.52. The molecule has 1 unspecified atom stereocenters. The van der Waals surface area contributed by atoms with Crippen LogP contribution in [-0.4, -0.2) is 56.6 Å². The van der Waals surface area contributed by atoms with Gasteiger partial charge in [0.05, 0.1) is 0 Å². The highest BCUT2D eigenvalue weighted by Gasteiger charge is 2.40. The Morgan fingerprint density at radius 2 is 2.00 bits per heavy atom. The van der Waals surface area contributed by atoms with Crippen LogP contribution in [0.4, 0.5) is 0 Å². The second kappa shape index (κ2) is 6.74. The highest BCUT2D eigenvalue weighted by atomic mass is 16.4. The van der Waals surface area contributed by atoms with Crippen LogP contribution in [-0.2, 0) is 25.7 Å². The number of nitrogens with zero attached hydrogens (tertiary/aromatic N) is 3. The van der Waals surface area contributed by atoms with Gasteiger partial charge in [0.15, 0.2) is 11.7 Å². The third-order valence-electron chi connectivity index (χ3n) is 3.17. The predicted octanol–water partition coefficient (Wildman–Crippen LogP) is -1.40. The number of amides is 2. The molecule has 0 saturated carbocycles. The van der Waals surface area contributed by atoms with Gasteiger partial charge in [0, 0.05) is 37.5 Å². The SMILES string of the molecule is O=C(O)CNC(=O)C1C(=O)CCN(Cc2cncnc2)C1=O. The first-order valence-electron chi connectivity index (χ1n) is 6.54. The Morgan fingerprint density at radius 3 is 2.64 bits per heavy atom. The van der Waals surface area contributed by atoms with Crippen molar-refractivity contribution < 1.29 is 24.3 Å². The molecule has 0 bridgehead atoms. The first-order valence-corrected chi connectivity index (χ1v) is 6.54. The van der Waals surface area contributed by atoms with Crippen molar-refractivity contribution in [2.45, 2.75) is 13.0 Å². The summed E-state index contributed by atoms with van der Waals surface area (Å²) in [5, 5.41) is 10.6. The number of hydrogen-bond donors (Lipinski definition) is 2. The van der Waals surface area contributed by atoms with E-state index in [-0.39, 0.29) is 19.5 Å². The fraction of sp³-hybridized carbons (Fsp3) is 0.385. The van der Waals surface area contributed by atoms with Gasteiger partial charge in [0.2, 0.25) is 11.8 Å². The van der Waals surface area contributed by atoms with E-state index in [0.717, 1.165) is 0 Å². The van der Waals surface area contributed by atoms with Crippen molar-refractivity contribution in [1.82, 2.24) is 20.2 Å². The van der Waals surface area contributed by atoms with Gasteiger partial charge in [0.25, 0.3) is 0 Å². The molecular weight excluding hydrogens is 292 g/mol. The fourth-order valence-corrected chi connectivity index (χ4v) is 2.13. The van der Waals surface area contributed by atoms with E-state index in [0.29, 0.717) is 5.56 Å². The number of aliphatic carboxylic acids is 1. The molecule has 2 heterocycles. The normalized spacial score (nSPS) is 18.2. The van der Waals surface area contributed by atoms with Crippen LogP contribution in [0.5, 0.6) is 0 Å². The summed E-state index contributed by atoms with van der Waals surface area (Å²) in [6.07, 6.45) is 4.48. The monoisotopic (exact) mass is 306 g/mol. The van der Waals surface area contributed by atoms with Crippen LogP contribution in [0.3, 0.4) is 0 Å². The summed E-state index contributed by atoms with van der Waals surface area (Å²) in [5.74, 6) is -4.76. The summed E-state index contributed by atoms with van der Waals surface area (Å²) in [5.41, 5.74) is 0.676. The predicted molar refractivity (Wildman–Crippen MR) is 71.2 cm³/mol. The van der Waals surface area contributed by atoms with Gasteiger partial charge in [-0.15, -0.1) is 0 Å². The van der Waals surface area contributed by atoms with Crippen LogP contribution in [0.15, 0.2) is 18.7 Å². The first kappa shape index (κ1) is 15.5. The van der Waals surface area contributed by atoms with E-state index in [4.69, 9.17) is 5.11 Å². The lowest BCUT2D eigenvalue weighted by Gasteiger charge is -2.30. The Morgan fingerprint density at radius 1 is 1.32 bits per heavy atom. The van der Waals surface area contributed by atoms with Gasteiger partial charge >= 0.3 is 5.97 Å². The molecule has 2 N–H and O–H groups in total. The van der Waals surface area contributed by atoms with Crippen molar-refractivity contribution in [2.75, 3.05) is 13.1 Å². The zero-order chi connectivity index (χ0) is 16.1. The summed E-state index contributed by atoms with van der Waals surface area (Å²) in [6.45, 7) is -0.243. The Bertz CT molecular complexity index is 604. The Labute approximate surface area is 125 Å². The van der Waals surface area contributed by atoms with E-state index in [1.165, 1.54) is 23.6 Å². The van der Waals surface area contributed by atoms with E-state index < -0.39 is 36.0 Å². The second-order valence-electron chi connectivity index (χ2n) is 4.77. The minimum Gasteiger partial charge on any atom is -0.480 e. The average Bonchev–Trinajstić information content (AvgIpc) is 2.49. The fourth-order valence-electron chi connectivity index (χ4n) is 2.13. The smallest absolute Gasteiger partial charge is 0.322 e. The molecule has 2 rings (SSSR count). The van der Waals surface area contributed by atoms with E-state index in [2.05, 4.69) is 15.3 Å². The molecule has 9 heteroatoms. The van der Waals surface area contributed by atoms with Crippen molar-refractivity contribution in [3.63, 3.8) is 0 Å². The molecule has 1 aromatic rings. The molecule has 1 aliphatic rings. The molecule has 1 aromatic heterocycles. The standard InChI is InChI=1S/C13H14N4O5/c18-9-1-2-17(6-8-3-14-7-15-4-8)13(22)11(9)12(21)16-5-10(19)20/h3-4,7,11H,1-2,5-6H2,(H,16,21)(H,19,20). The maximum Gasteiger partial charge on any atom is 0.322 e. The van der Waals surface area contributed by atoms with E-state index >= 15 is 0 Å². The Kier molecular flexibility index (Phi) is 4.77. The van der Waals surface area contributed by atoms with Crippen molar-refractivity contribution in [3.8, 4) is 0 Å². The first-order chi connectivity index (χ1) is 10.5. The van der Waals surface area contributed by atoms with Crippen LogP contribution in [0.1, 0.15) is 12.0 Å². The van der Waals surface area contributed by atoms with Crippen LogP contribution < -0.4 is 5.32 Å². The minimum atomic E-state index is -1.49. The second-order valence-corrected chi connectivity index (χ2v) is 4.77. The average molecular weight is 306 g/mol. The number of piperidine rings is 1. The Balaban J connectivity index is 2.06. The summed E-state index contributed by atoms with van der Waals surface area (Å²) in [7, 11) is 0. The van der Waals surface area contributed by atoms with Gasteiger partial charge in [-0.1, -0.05) is 0 Å². The molecule has 1 aliphatic heterocycles. The number of carboxylic acid groups (broad SMARTS) is 1. The van der Waals surface area contributed by atoms with Crippen molar-refractivity contribution in [2.24, 2.45) is 5.92 Å². The summed E-state index contributed by atoms with van der Waals surface area (Å²) >= 11 is 0. The highest BCUT2D eigenvalue weighted by Crippen LogP contribution is 2.17.